The van der Waals surface area contributed by atoms with E-state index in [4.69, 9.17) is 11.6 Å². The summed E-state index contributed by atoms with van der Waals surface area (Å²) in [6.45, 7) is 0.611. The van der Waals surface area contributed by atoms with Crippen LogP contribution < -0.4 is 4.90 Å². The van der Waals surface area contributed by atoms with Gasteiger partial charge in [-0.2, -0.15) is 0 Å². The molecule has 1 aliphatic rings. The van der Waals surface area contributed by atoms with E-state index in [2.05, 4.69) is 9.97 Å². The molecule has 0 atom stereocenters. The first-order valence-electron chi connectivity index (χ1n) is 8.37. The molecule has 0 saturated heterocycles. The second-order valence-corrected chi connectivity index (χ2v) is 7.61. The zero-order valence-corrected chi connectivity index (χ0v) is 15.7. The lowest BCUT2D eigenvalue weighted by Gasteiger charge is -2.29. The topological polar surface area (TPSA) is 92.1 Å². The number of carbonyl (C=O) groups excluding carboxylic acids is 1. The van der Waals surface area contributed by atoms with Crippen molar-refractivity contribution in [1.29, 1.82) is 0 Å². The molecule has 0 aliphatic carbocycles. The van der Waals surface area contributed by atoms with Gasteiger partial charge in [-0.15, -0.1) is 0 Å². The molecule has 138 valence electrons. The van der Waals surface area contributed by atoms with Gasteiger partial charge in [-0.25, -0.2) is 4.98 Å². The number of halogens is 1. The molecule has 0 bridgehead atoms. The number of nitrogens with one attached hydrogen (secondary N) is 1. The van der Waals surface area contributed by atoms with Crippen LogP contribution >= 0.6 is 23.4 Å². The molecular formula is C18H15ClN4O3S. The van der Waals surface area contributed by atoms with E-state index in [1.807, 2.05) is 6.07 Å². The summed E-state index contributed by atoms with van der Waals surface area (Å²) >= 11 is 7.31. The minimum absolute atomic E-state index is 0.0479. The van der Waals surface area contributed by atoms with Gasteiger partial charge in [-0.1, -0.05) is 23.4 Å². The minimum Gasteiger partial charge on any atom is -0.333 e. The smallest absolute Gasteiger partial charge is 0.269 e. The Morgan fingerprint density at radius 2 is 2.19 bits per heavy atom. The van der Waals surface area contributed by atoms with E-state index >= 15 is 0 Å². The average molecular weight is 403 g/mol. The first kappa shape index (κ1) is 17.8. The highest BCUT2D eigenvalue weighted by molar-refractivity contribution is 7.99. The monoisotopic (exact) mass is 402 g/mol. The summed E-state index contributed by atoms with van der Waals surface area (Å²) in [5, 5.41) is 12.2. The van der Waals surface area contributed by atoms with Crippen molar-refractivity contribution in [2.45, 2.75) is 18.0 Å². The van der Waals surface area contributed by atoms with Crippen LogP contribution in [0.3, 0.4) is 0 Å². The van der Waals surface area contributed by atoms with Gasteiger partial charge >= 0.3 is 0 Å². The van der Waals surface area contributed by atoms with E-state index in [1.54, 1.807) is 29.2 Å². The van der Waals surface area contributed by atoms with Crippen LogP contribution in [-0.2, 0) is 11.2 Å². The summed E-state index contributed by atoms with van der Waals surface area (Å²) in [5.74, 6) is 0.178. The number of nitro benzene ring substituents is 1. The van der Waals surface area contributed by atoms with Gasteiger partial charge in [0.05, 0.1) is 21.7 Å². The lowest BCUT2D eigenvalue weighted by molar-refractivity contribution is -0.384. The summed E-state index contributed by atoms with van der Waals surface area (Å²) in [4.78, 5) is 32.6. The predicted molar refractivity (Wildman–Crippen MR) is 106 cm³/mol. The highest BCUT2D eigenvalue weighted by Gasteiger charge is 2.24. The summed E-state index contributed by atoms with van der Waals surface area (Å²) in [6, 6.07) is 10.1. The number of H-pyrrole nitrogens is 1. The highest BCUT2D eigenvalue weighted by Crippen LogP contribution is 2.31. The fraction of sp³-hybridized carbons (Fsp3) is 0.222. The SMILES string of the molecule is O=C(CSc1nc2ccc(Cl)cc2[nH]1)N1CCCc2cc([N+](=O)[O-])ccc21. The minimum atomic E-state index is -0.412. The summed E-state index contributed by atoms with van der Waals surface area (Å²) in [5.41, 5.74) is 3.28. The third-order valence-electron chi connectivity index (χ3n) is 4.45. The van der Waals surface area contributed by atoms with Crippen LogP contribution in [0.1, 0.15) is 12.0 Å². The molecule has 0 radical (unpaired) electrons. The van der Waals surface area contributed by atoms with Crippen molar-refractivity contribution in [2.75, 3.05) is 17.2 Å². The number of rotatable bonds is 4. The number of fused-ring (bicyclic) bond motifs is 2. The number of aromatic amines is 1. The molecule has 1 aromatic heterocycles. The average Bonchev–Trinajstić information content (AvgIpc) is 3.07. The fourth-order valence-electron chi connectivity index (χ4n) is 3.19. The largest absolute Gasteiger partial charge is 0.333 e. The van der Waals surface area contributed by atoms with Gasteiger partial charge < -0.3 is 9.88 Å². The standard InChI is InChI=1S/C18H15ClN4O3S/c19-12-3-5-14-15(9-12)21-18(20-14)27-10-17(24)22-7-1-2-11-8-13(23(25)26)4-6-16(11)22/h3-6,8-9H,1-2,7,10H2,(H,20,21). The lowest BCUT2D eigenvalue weighted by Crippen LogP contribution is -2.36. The molecule has 2 aromatic carbocycles. The molecule has 1 N–H and O–H groups in total. The number of aromatic nitrogens is 2. The number of carbonyl (C=O) groups is 1. The summed E-state index contributed by atoms with van der Waals surface area (Å²) < 4.78 is 0. The number of aryl methyl sites for hydroxylation is 1. The van der Waals surface area contributed by atoms with Gasteiger partial charge in [-0.05, 0) is 42.7 Å². The molecule has 1 aliphatic heterocycles. The number of nitro groups is 1. The van der Waals surface area contributed by atoms with Crippen LogP contribution in [0.2, 0.25) is 5.02 Å². The van der Waals surface area contributed by atoms with E-state index in [0.29, 0.717) is 16.7 Å². The molecule has 27 heavy (non-hydrogen) atoms. The number of non-ortho nitro benzene ring substituents is 1. The zero-order valence-electron chi connectivity index (χ0n) is 14.1. The van der Waals surface area contributed by atoms with E-state index in [0.717, 1.165) is 35.1 Å². The number of hydrogen-bond acceptors (Lipinski definition) is 5. The molecule has 1 amide bonds. The quantitative estimate of drug-likeness (QED) is 0.401. The van der Waals surface area contributed by atoms with E-state index in [9.17, 15) is 14.9 Å². The Kier molecular flexibility index (Phi) is 4.75. The van der Waals surface area contributed by atoms with Crippen molar-refractivity contribution >= 4 is 51.7 Å². The van der Waals surface area contributed by atoms with Crippen molar-refractivity contribution in [2.24, 2.45) is 0 Å². The Morgan fingerprint density at radius 3 is 3.00 bits per heavy atom. The van der Waals surface area contributed by atoms with Gasteiger partial charge in [0.25, 0.3) is 5.69 Å². The first-order valence-corrected chi connectivity index (χ1v) is 9.73. The van der Waals surface area contributed by atoms with Crippen molar-refractivity contribution in [3.05, 3.63) is 57.1 Å². The second kappa shape index (κ2) is 7.21. The molecule has 3 aromatic rings. The number of nitrogens with zero attached hydrogens (tertiary/aromatic N) is 3. The van der Waals surface area contributed by atoms with Crippen molar-refractivity contribution < 1.29 is 9.72 Å². The number of amides is 1. The Labute approximate surface area is 163 Å². The molecule has 9 heteroatoms. The molecule has 7 nitrogen and oxygen atoms in total. The van der Waals surface area contributed by atoms with Crippen LogP contribution in [0.5, 0.6) is 0 Å². The Balaban J connectivity index is 1.49. The number of thioether (sulfide) groups is 1. The third kappa shape index (κ3) is 3.63. The molecule has 2 heterocycles. The van der Waals surface area contributed by atoms with Gasteiger partial charge in [0.2, 0.25) is 5.91 Å². The van der Waals surface area contributed by atoms with Gasteiger partial charge in [0.15, 0.2) is 5.16 Å². The fourth-order valence-corrected chi connectivity index (χ4v) is 4.12. The van der Waals surface area contributed by atoms with Crippen LogP contribution in [0, 0.1) is 10.1 Å². The van der Waals surface area contributed by atoms with E-state index in [-0.39, 0.29) is 17.3 Å². The maximum Gasteiger partial charge on any atom is 0.269 e. The van der Waals surface area contributed by atoms with Crippen LogP contribution in [-0.4, -0.2) is 33.1 Å². The lowest BCUT2D eigenvalue weighted by atomic mass is 10.0. The first-order chi connectivity index (χ1) is 13.0. The maximum atomic E-state index is 12.7. The van der Waals surface area contributed by atoms with Gasteiger partial charge in [-0.3, -0.25) is 14.9 Å². The Morgan fingerprint density at radius 1 is 1.33 bits per heavy atom. The molecule has 0 fully saturated rings. The Hall–Kier alpha value is -2.58. The van der Waals surface area contributed by atoms with Crippen LogP contribution in [0.25, 0.3) is 11.0 Å². The molecule has 0 spiro atoms. The van der Waals surface area contributed by atoms with Crippen LogP contribution in [0.15, 0.2) is 41.6 Å². The maximum absolute atomic E-state index is 12.7. The van der Waals surface area contributed by atoms with Crippen molar-refractivity contribution in [3.63, 3.8) is 0 Å². The number of benzene rings is 2. The normalized spacial score (nSPS) is 13.6. The van der Waals surface area contributed by atoms with Crippen molar-refractivity contribution in [1.82, 2.24) is 9.97 Å². The number of imidazole rings is 1. The zero-order chi connectivity index (χ0) is 19.0. The van der Waals surface area contributed by atoms with E-state index in [1.165, 1.54) is 17.8 Å². The summed E-state index contributed by atoms with van der Waals surface area (Å²) in [7, 11) is 0. The Bertz CT molecular complexity index is 1050. The van der Waals surface area contributed by atoms with E-state index < -0.39 is 4.92 Å². The highest BCUT2D eigenvalue weighted by atomic mass is 35.5. The number of anilines is 1. The summed E-state index contributed by atoms with van der Waals surface area (Å²) in [6.07, 6.45) is 1.52. The molecule has 0 unspecified atom stereocenters. The molecule has 0 saturated carbocycles. The predicted octanol–water partition coefficient (Wildman–Crippen LogP) is 4.20. The second-order valence-electron chi connectivity index (χ2n) is 6.21. The number of hydrogen-bond donors (Lipinski definition) is 1. The van der Waals surface area contributed by atoms with Gasteiger partial charge in [0, 0.05) is 29.4 Å². The molecular weight excluding hydrogens is 388 g/mol. The van der Waals surface area contributed by atoms with Gasteiger partial charge in [0.1, 0.15) is 0 Å². The van der Waals surface area contributed by atoms with Crippen LogP contribution in [0.4, 0.5) is 11.4 Å². The third-order valence-corrected chi connectivity index (χ3v) is 5.54. The van der Waals surface area contributed by atoms with Crippen molar-refractivity contribution in [3.8, 4) is 0 Å². The molecule has 4 rings (SSSR count).